The van der Waals surface area contributed by atoms with E-state index in [0.29, 0.717) is 34.1 Å². The molecule has 4 aliphatic heterocycles. The van der Waals surface area contributed by atoms with Crippen LogP contribution < -0.4 is 62.2 Å². The lowest BCUT2D eigenvalue weighted by Crippen LogP contribution is -2.65. The normalized spacial score (nSPS) is 13.0. The number of anilines is 18. The number of nitrogens with zero attached hydrogens (tertiary/aromatic N) is 6. The number of hydrogen-bond donors (Lipinski definition) is 0. The average Bonchev–Trinajstić information content (AvgIpc) is 0.687. The van der Waals surface area contributed by atoms with Crippen LogP contribution in [0.4, 0.5) is 129 Å². The predicted octanol–water partition coefficient (Wildman–Crippen LogP) is 17.6. The van der Waals surface area contributed by atoms with Gasteiger partial charge in [0.1, 0.15) is 0 Å². The molecular formula is C78H48B2F6N6. The highest BCUT2D eigenvalue weighted by molar-refractivity contribution is 7.03. The zero-order chi connectivity index (χ0) is 61.9. The Bertz CT molecular complexity index is 4640. The number of benzene rings is 13. The summed E-state index contributed by atoms with van der Waals surface area (Å²) in [6.45, 7) is -1.19. The topological polar surface area (TPSA) is 19.4 Å². The molecule has 0 fully saturated rings. The van der Waals surface area contributed by atoms with Crippen LogP contribution in [0.15, 0.2) is 291 Å². The van der Waals surface area contributed by atoms with Crippen molar-refractivity contribution in [2.75, 3.05) is 29.4 Å². The van der Waals surface area contributed by atoms with Crippen LogP contribution in [-0.4, -0.2) is 13.4 Å². The third-order valence-corrected chi connectivity index (χ3v) is 18.1. The second-order valence-corrected chi connectivity index (χ2v) is 23.2. The molecule has 0 aliphatic carbocycles. The lowest BCUT2D eigenvalue weighted by Gasteiger charge is -2.47. The van der Waals surface area contributed by atoms with E-state index in [0.717, 1.165) is 114 Å². The molecule has 17 rings (SSSR count). The minimum atomic E-state index is -1.64. The Labute approximate surface area is 527 Å². The molecule has 4 aliphatic rings. The van der Waals surface area contributed by atoms with Crippen molar-refractivity contribution >= 4 is 149 Å². The van der Waals surface area contributed by atoms with Crippen molar-refractivity contribution in [1.82, 2.24) is 0 Å². The van der Waals surface area contributed by atoms with Gasteiger partial charge < -0.3 is 29.4 Å². The van der Waals surface area contributed by atoms with E-state index in [1.807, 2.05) is 224 Å². The fraction of sp³-hybridized carbons (Fsp3) is 0. The largest absolute Gasteiger partial charge is 0.311 e. The molecule has 14 heteroatoms. The quantitative estimate of drug-likeness (QED) is 0.0767. The van der Waals surface area contributed by atoms with Gasteiger partial charge in [0.05, 0.1) is 22.7 Å². The summed E-state index contributed by atoms with van der Waals surface area (Å²) in [7, 11) is 0. The van der Waals surface area contributed by atoms with E-state index in [-0.39, 0.29) is 11.4 Å². The standard InChI is InChI=1S/C78H48B2F6N6/c81-63-39-55(40-64(82)77(63)85)91-69-48-70-62(47-61(69)79-59-35-19-21-37-67(59)89(53-31-15-5-16-32-53)71-43-57(45-73(91)75(71)79)87(49-23-7-1-8-24-49)50-25-9-2-10-26-50)80-60-36-20-22-38-68(60)90(54-33-17-6-18-34-54)72-44-58(88(51-27-11-3-12-28-51)52-29-13-4-14-30-52)46-74(76(72)80)92(70)56-41-65(83)78(86)66(84)42-56/h1-48H. The van der Waals surface area contributed by atoms with E-state index in [1.165, 1.54) is 0 Å². The third-order valence-electron chi connectivity index (χ3n) is 18.1. The highest BCUT2D eigenvalue weighted by atomic mass is 19.2. The molecule has 438 valence electrons. The first-order valence-electron chi connectivity index (χ1n) is 30.3. The maximum atomic E-state index is 16.6. The van der Waals surface area contributed by atoms with Gasteiger partial charge in [-0.15, -0.1) is 0 Å². The van der Waals surface area contributed by atoms with Crippen LogP contribution >= 0.6 is 0 Å². The number of para-hydroxylation sites is 8. The summed E-state index contributed by atoms with van der Waals surface area (Å²) in [6.07, 6.45) is 0. The van der Waals surface area contributed by atoms with Gasteiger partial charge >= 0.3 is 0 Å². The molecule has 0 N–H and O–H groups in total. The molecular weight excluding hydrogens is 1160 g/mol. The number of rotatable bonds is 10. The van der Waals surface area contributed by atoms with E-state index < -0.39 is 48.3 Å². The Morgan fingerprint density at radius 2 is 0.489 bits per heavy atom. The fourth-order valence-electron chi connectivity index (χ4n) is 14.4. The van der Waals surface area contributed by atoms with Gasteiger partial charge in [-0.2, -0.15) is 0 Å². The Morgan fingerprint density at radius 1 is 0.217 bits per heavy atom. The zero-order valence-corrected chi connectivity index (χ0v) is 48.8. The summed E-state index contributed by atoms with van der Waals surface area (Å²) in [4.78, 5) is 12.3. The van der Waals surface area contributed by atoms with Crippen molar-refractivity contribution < 1.29 is 26.3 Å². The van der Waals surface area contributed by atoms with E-state index in [2.05, 4.69) is 62.1 Å². The highest BCUT2D eigenvalue weighted by Crippen LogP contribution is 2.53. The molecule has 0 amide bonds. The maximum absolute atomic E-state index is 16.6. The highest BCUT2D eigenvalue weighted by Gasteiger charge is 2.49. The molecule has 0 saturated carbocycles. The Morgan fingerprint density at radius 3 is 0.804 bits per heavy atom. The molecule has 0 unspecified atom stereocenters. The van der Waals surface area contributed by atoms with Crippen LogP contribution in [0.2, 0.25) is 0 Å². The minimum Gasteiger partial charge on any atom is -0.311 e. The first-order chi connectivity index (χ1) is 45.2. The predicted molar refractivity (Wildman–Crippen MR) is 364 cm³/mol. The van der Waals surface area contributed by atoms with Crippen molar-refractivity contribution in [1.29, 1.82) is 0 Å². The Kier molecular flexibility index (Phi) is 12.8. The molecule has 4 heterocycles. The van der Waals surface area contributed by atoms with Crippen LogP contribution in [0.25, 0.3) is 0 Å². The molecule has 6 nitrogen and oxygen atoms in total. The summed E-state index contributed by atoms with van der Waals surface area (Å²) in [6, 6.07) is 92.6. The molecule has 0 bridgehead atoms. The number of halogens is 6. The molecule has 0 saturated heterocycles. The van der Waals surface area contributed by atoms with Gasteiger partial charge in [-0.3, -0.25) is 0 Å². The molecule has 13 aromatic carbocycles. The van der Waals surface area contributed by atoms with Crippen molar-refractivity contribution in [3.8, 4) is 0 Å². The SMILES string of the molecule is Fc1cc(N2c3cc4c(cc3B3c5ccccc5N(c5ccccc5)c5cc(N(c6ccccc6)c6ccccc6)cc2c53)B2c3ccccc3N(c3ccccc3)c3cc(N(c5ccccc5)c5ccccc5)cc(c32)N4c2cc(F)c(F)c(F)c2)cc(F)c1F. The number of fused-ring (bicyclic) bond motifs is 8. The molecule has 92 heavy (non-hydrogen) atoms. The monoisotopic (exact) mass is 1200 g/mol. The van der Waals surface area contributed by atoms with E-state index in [9.17, 15) is 0 Å². The Hall–Kier alpha value is -11.6. The van der Waals surface area contributed by atoms with Crippen LogP contribution in [0.1, 0.15) is 0 Å². The second kappa shape index (κ2) is 21.6. The number of hydrogen-bond acceptors (Lipinski definition) is 6. The maximum Gasteiger partial charge on any atom is 0.252 e. The smallest absolute Gasteiger partial charge is 0.252 e. The Balaban J connectivity index is 1.02. The lowest BCUT2D eigenvalue weighted by molar-refractivity contribution is 0.447. The molecule has 0 atom stereocenters. The van der Waals surface area contributed by atoms with E-state index >= 15 is 26.3 Å². The summed E-state index contributed by atoms with van der Waals surface area (Å²) in [5.41, 5.74) is 16.3. The second-order valence-electron chi connectivity index (χ2n) is 23.2. The summed E-state index contributed by atoms with van der Waals surface area (Å²) in [5, 5.41) is 0. The average molecular weight is 1200 g/mol. The summed E-state index contributed by atoms with van der Waals surface area (Å²) < 4.78 is 97.6. The van der Waals surface area contributed by atoms with Gasteiger partial charge in [0, 0.05) is 104 Å². The summed E-state index contributed by atoms with van der Waals surface area (Å²) >= 11 is 0. The van der Waals surface area contributed by atoms with Gasteiger partial charge in [0.2, 0.25) is 0 Å². The van der Waals surface area contributed by atoms with Crippen molar-refractivity contribution in [3.05, 3.63) is 326 Å². The third kappa shape index (κ3) is 8.54. The van der Waals surface area contributed by atoms with Crippen LogP contribution in [0.3, 0.4) is 0 Å². The van der Waals surface area contributed by atoms with Crippen LogP contribution in [0, 0.1) is 34.9 Å². The van der Waals surface area contributed by atoms with Gasteiger partial charge in [-0.25, -0.2) is 26.3 Å². The van der Waals surface area contributed by atoms with Crippen molar-refractivity contribution in [2.45, 2.75) is 0 Å². The van der Waals surface area contributed by atoms with Crippen LogP contribution in [-0.2, 0) is 0 Å². The van der Waals surface area contributed by atoms with Crippen molar-refractivity contribution in [3.63, 3.8) is 0 Å². The lowest BCUT2D eigenvalue weighted by atomic mass is 9.30. The van der Waals surface area contributed by atoms with E-state index in [4.69, 9.17) is 0 Å². The van der Waals surface area contributed by atoms with Gasteiger partial charge in [0.25, 0.3) is 13.4 Å². The molecule has 13 aromatic rings. The zero-order valence-electron chi connectivity index (χ0n) is 48.8. The molecule has 0 radical (unpaired) electrons. The van der Waals surface area contributed by atoms with Gasteiger partial charge in [-0.1, -0.05) is 152 Å². The van der Waals surface area contributed by atoms with E-state index in [1.54, 1.807) is 9.80 Å². The molecule has 0 spiro atoms. The van der Waals surface area contributed by atoms with Crippen molar-refractivity contribution in [2.24, 2.45) is 0 Å². The summed E-state index contributed by atoms with van der Waals surface area (Å²) in [5.74, 6) is -8.90. The van der Waals surface area contributed by atoms with Crippen LogP contribution in [0.5, 0.6) is 0 Å². The fourth-order valence-corrected chi connectivity index (χ4v) is 14.4. The minimum absolute atomic E-state index is 0.0365. The first kappa shape index (κ1) is 54.5. The van der Waals surface area contributed by atoms with Gasteiger partial charge in [-0.05, 0) is 148 Å². The molecule has 0 aromatic heterocycles. The first-order valence-corrected chi connectivity index (χ1v) is 30.3. The van der Waals surface area contributed by atoms with Gasteiger partial charge in [0.15, 0.2) is 34.9 Å².